The van der Waals surface area contributed by atoms with Gasteiger partial charge in [-0.3, -0.25) is 4.79 Å². The molecule has 1 heterocycles. The van der Waals surface area contributed by atoms with Gasteiger partial charge >= 0.3 is 0 Å². The first-order chi connectivity index (χ1) is 9.45. The normalized spacial score (nSPS) is 19.9. The van der Waals surface area contributed by atoms with Gasteiger partial charge in [0, 0.05) is 32.9 Å². The number of amides is 1. The second kappa shape index (κ2) is 6.65. The lowest BCUT2D eigenvalue weighted by atomic mass is 10.2. The Morgan fingerprint density at radius 1 is 1.50 bits per heavy atom. The number of sulfone groups is 1. The molecular formula is C13H16INO3S2. The van der Waals surface area contributed by atoms with E-state index in [1.54, 1.807) is 30.8 Å². The van der Waals surface area contributed by atoms with Crippen LogP contribution >= 0.6 is 34.4 Å². The Hall–Kier alpha value is -0.280. The molecule has 0 spiro atoms. The number of halogens is 1. The maximum Gasteiger partial charge on any atom is 0.255 e. The summed E-state index contributed by atoms with van der Waals surface area (Å²) in [6.07, 6.45) is 0. The summed E-state index contributed by atoms with van der Waals surface area (Å²) in [5.74, 6) is 1.12. The molecule has 1 saturated heterocycles. The Bertz CT molecular complexity index is 603. The number of nitrogens with zero attached hydrogens (tertiary/aromatic N) is 1. The van der Waals surface area contributed by atoms with Crippen LogP contribution in [0.3, 0.4) is 0 Å². The zero-order valence-corrected chi connectivity index (χ0v) is 14.9. The summed E-state index contributed by atoms with van der Waals surface area (Å²) < 4.78 is 25.3. The van der Waals surface area contributed by atoms with Gasteiger partial charge in [0.25, 0.3) is 5.91 Å². The minimum Gasteiger partial charge on any atom is -0.320 e. The van der Waals surface area contributed by atoms with E-state index in [-0.39, 0.29) is 11.7 Å². The van der Waals surface area contributed by atoms with Crippen LogP contribution in [0.4, 0.5) is 0 Å². The van der Waals surface area contributed by atoms with E-state index in [1.165, 1.54) is 4.90 Å². The van der Waals surface area contributed by atoms with Gasteiger partial charge in [-0.05, 0) is 40.8 Å². The van der Waals surface area contributed by atoms with Gasteiger partial charge in [0.1, 0.15) is 5.37 Å². The molecule has 4 nitrogen and oxygen atoms in total. The predicted molar refractivity (Wildman–Crippen MR) is 90.8 cm³/mol. The zero-order valence-electron chi connectivity index (χ0n) is 11.1. The van der Waals surface area contributed by atoms with E-state index in [9.17, 15) is 13.2 Å². The maximum absolute atomic E-state index is 12.6. The Balaban J connectivity index is 2.31. The fraction of sp³-hybridized carbons (Fsp3) is 0.462. The number of hydrogen-bond donors (Lipinski definition) is 0. The zero-order chi connectivity index (χ0) is 14.8. The van der Waals surface area contributed by atoms with Crippen LogP contribution in [-0.4, -0.2) is 48.4 Å². The Morgan fingerprint density at radius 3 is 2.90 bits per heavy atom. The van der Waals surface area contributed by atoms with Crippen LogP contribution in [0.1, 0.15) is 17.3 Å². The summed E-state index contributed by atoms with van der Waals surface area (Å²) in [5.41, 5.74) is 0.556. The van der Waals surface area contributed by atoms with Gasteiger partial charge < -0.3 is 4.90 Å². The van der Waals surface area contributed by atoms with Gasteiger partial charge in [-0.1, -0.05) is 13.0 Å². The number of benzene rings is 1. The highest BCUT2D eigenvalue weighted by molar-refractivity contribution is 14.1. The first kappa shape index (κ1) is 16.1. The van der Waals surface area contributed by atoms with Crippen molar-refractivity contribution in [2.45, 2.75) is 12.3 Å². The summed E-state index contributed by atoms with van der Waals surface area (Å²) in [5, 5.41) is -0.698. The van der Waals surface area contributed by atoms with Gasteiger partial charge in [-0.15, -0.1) is 0 Å². The first-order valence-electron chi connectivity index (χ1n) is 6.31. The monoisotopic (exact) mass is 425 g/mol. The molecule has 0 radical (unpaired) electrons. The quantitative estimate of drug-likeness (QED) is 0.698. The minimum absolute atomic E-state index is 0.0638. The van der Waals surface area contributed by atoms with Gasteiger partial charge in [0.05, 0.1) is 0 Å². The third kappa shape index (κ3) is 3.48. The highest BCUT2D eigenvalue weighted by atomic mass is 127. The van der Waals surface area contributed by atoms with E-state index in [0.29, 0.717) is 17.9 Å². The van der Waals surface area contributed by atoms with E-state index < -0.39 is 15.2 Å². The van der Waals surface area contributed by atoms with E-state index in [4.69, 9.17) is 0 Å². The van der Waals surface area contributed by atoms with Crippen molar-refractivity contribution in [3.05, 3.63) is 33.4 Å². The Labute approximate surface area is 137 Å². The molecule has 1 amide bonds. The molecule has 0 bridgehead atoms. The van der Waals surface area contributed by atoms with Crippen LogP contribution in [0.15, 0.2) is 24.3 Å². The van der Waals surface area contributed by atoms with E-state index in [2.05, 4.69) is 22.6 Å². The predicted octanol–water partition coefficient (Wildman–Crippen LogP) is 2.24. The Kier molecular flexibility index (Phi) is 5.36. The number of carbonyl (C=O) groups excluding carboxylic acids is 1. The average molecular weight is 425 g/mol. The van der Waals surface area contributed by atoms with Gasteiger partial charge in [0.2, 0.25) is 0 Å². The maximum atomic E-state index is 12.6. The van der Waals surface area contributed by atoms with Crippen LogP contribution in [0.25, 0.3) is 0 Å². The van der Waals surface area contributed by atoms with Crippen LogP contribution in [0.5, 0.6) is 0 Å². The fourth-order valence-electron chi connectivity index (χ4n) is 2.09. The molecule has 0 saturated carbocycles. The van der Waals surface area contributed by atoms with E-state index in [0.717, 1.165) is 9.32 Å². The highest BCUT2D eigenvalue weighted by Gasteiger charge is 2.36. The van der Waals surface area contributed by atoms with Crippen LogP contribution in [-0.2, 0) is 9.84 Å². The first-order valence-corrected chi connectivity index (χ1v) is 10.3. The Morgan fingerprint density at radius 2 is 2.25 bits per heavy atom. The highest BCUT2D eigenvalue weighted by Crippen LogP contribution is 2.23. The number of hydrogen-bond acceptors (Lipinski definition) is 4. The molecule has 1 aliphatic heterocycles. The second-order valence-corrected chi connectivity index (χ2v) is 9.33. The molecule has 1 atom stereocenters. The van der Waals surface area contributed by atoms with Crippen LogP contribution in [0, 0.1) is 3.57 Å². The molecule has 0 N–H and O–H groups in total. The molecule has 1 aromatic rings. The van der Waals surface area contributed by atoms with Gasteiger partial charge in [0.15, 0.2) is 9.84 Å². The molecule has 0 aliphatic carbocycles. The van der Waals surface area contributed by atoms with Crippen molar-refractivity contribution < 1.29 is 13.2 Å². The van der Waals surface area contributed by atoms with Crippen LogP contribution in [0.2, 0.25) is 0 Å². The fourth-order valence-corrected chi connectivity index (χ4v) is 5.60. The standard InChI is InChI=1S/C13H16INO3S2/c1-2-20(17,18)12-9-19-7-6-15(12)13(16)10-4-3-5-11(14)8-10/h3-5,8,12H,2,6-7,9H2,1H3. The summed E-state index contributed by atoms with van der Waals surface area (Å²) in [4.78, 5) is 14.1. The third-order valence-electron chi connectivity index (χ3n) is 3.23. The van der Waals surface area contributed by atoms with Crippen molar-refractivity contribution in [3.8, 4) is 0 Å². The lowest BCUT2D eigenvalue weighted by molar-refractivity contribution is 0.0749. The number of carbonyl (C=O) groups is 1. The third-order valence-corrected chi connectivity index (χ3v) is 7.19. The second-order valence-electron chi connectivity index (χ2n) is 4.49. The molecule has 7 heteroatoms. The molecule has 1 aromatic carbocycles. The topological polar surface area (TPSA) is 54.5 Å². The van der Waals surface area contributed by atoms with Crippen molar-refractivity contribution in [2.75, 3.05) is 23.8 Å². The van der Waals surface area contributed by atoms with E-state index >= 15 is 0 Å². The SMILES string of the molecule is CCS(=O)(=O)C1CSCCN1C(=O)c1cccc(I)c1. The lowest BCUT2D eigenvalue weighted by Gasteiger charge is -2.34. The van der Waals surface area contributed by atoms with Crippen LogP contribution < -0.4 is 0 Å². The van der Waals surface area contributed by atoms with Gasteiger partial charge in [-0.25, -0.2) is 8.42 Å². The lowest BCUT2D eigenvalue weighted by Crippen LogP contribution is -2.50. The minimum atomic E-state index is -3.25. The van der Waals surface area contributed by atoms with Gasteiger partial charge in [-0.2, -0.15) is 11.8 Å². The molecular weight excluding hydrogens is 409 g/mol. The molecule has 0 aromatic heterocycles. The van der Waals surface area contributed by atoms with Crippen molar-refractivity contribution in [2.24, 2.45) is 0 Å². The summed E-state index contributed by atoms with van der Waals surface area (Å²) in [7, 11) is -3.25. The summed E-state index contributed by atoms with van der Waals surface area (Å²) in [6, 6.07) is 7.25. The number of thioether (sulfide) groups is 1. The average Bonchev–Trinajstić information content (AvgIpc) is 2.46. The molecule has 1 unspecified atom stereocenters. The summed E-state index contributed by atoms with van der Waals surface area (Å²) >= 11 is 3.74. The van der Waals surface area contributed by atoms with Crippen molar-refractivity contribution in [3.63, 3.8) is 0 Å². The molecule has 1 aliphatic rings. The van der Waals surface area contributed by atoms with Crippen molar-refractivity contribution >= 4 is 50.1 Å². The smallest absolute Gasteiger partial charge is 0.255 e. The molecule has 20 heavy (non-hydrogen) atoms. The molecule has 2 rings (SSSR count). The van der Waals surface area contributed by atoms with E-state index in [1.807, 2.05) is 12.1 Å². The number of rotatable bonds is 3. The largest absolute Gasteiger partial charge is 0.320 e. The van der Waals surface area contributed by atoms with Crippen molar-refractivity contribution in [1.29, 1.82) is 0 Å². The molecule has 110 valence electrons. The van der Waals surface area contributed by atoms with Crippen molar-refractivity contribution in [1.82, 2.24) is 4.90 Å². The summed E-state index contributed by atoms with van der Waals surface area (Å²) in [6.45, 7) is 2.11. The molecule has 1 fully saturated rings.